The highest BCUT2D eigenvalue weighted by Crippen LogP contribution is 2.42. The number of rotatable bonds is 2. The lowest BCUT2D eigenvalue weighted by Crippen LogP contribution is -2.04. The second-order valence-electron chi connectivity index (χ2n) is 6.24. The Morgan fingerprint density at radius 2 is 1.38 bits per heavy atom. The number of carboxylic acid groups (broad SMARTS) is 1. The molecule has 0 fully saturated rings. The smallest absolute Gasteiger partial charge is 0.336 e. The highest BCUT2D eigenvalue weighted by molar-refractivity contribution is 6.12. The molecule has 0 aliphatic rings. The minimum absolute atomic E-state index is 0.0192. The van der Waals surface area contributed by atoms with Crippen LogP contribution in [0.5, 0.6) is 5.75 Å². The molecule has 0 aliphatic carbocycles. The number of benzene rings is 3. The zero-order chi connectivity index (χ0) is 17.6. The van der Waals surface area contributed by atoms with Crippen LogP contribution in [-0.2, 0) is 0 Å². The normalized spacial score (nSPS) is 11.0. The van der Waals surface area contributed by atoms with E-state index in [1.54, 1.807) is 0 Å². The number of aromatic hydroxyl groups is 1. The van der Waals surface area contributed by atoms with E-state index in [0.29, 0.717) is 5.56 Å². The second kappa shape index (κ2) is 5.68. The van der Waals surface area contributed by atoms with E-state index in [9.17, 15) is 15.0 Å². The van der Waals surface area contributed by atoms with E-state index in [0.717, 1.165) is 38.6 Å². The van der Waals surface area contributed by atoms with Crippen LogP contribution < -0.4 is 0 Å². The summed E-state index contributed by atoms with van der Waals surface area (Å²) >= 11 is 0. The first kappa shape index (κ1) is 16.1. The maximum Gasteiger partial charge on any atom is 0.336 e. The SMILES string of the molecule is Cc1c(C)c(C)c2c(-c3ccccc3)c(C(=O)O)cc(O)c2c1C. The topological polar surface area (TPSA) is 57.5 Å². The number of aryl methyl sites for hydroxylation is 2. The summed E-state index contributed by atoms with van der Waals surface area (Å²) in [5.41, 5.74) is 5.86. The Hall–Kier alpha value is -2.81. The van der Waals surface area contributed by atoms with Crippen LogP contribution >= 0.6 is 0 Å². The van der Waals surface area contributed by atoms with E-state index in [1.807, 2.05) is 58.0 Å². The lowest BCUT2D eigenvalue weighted by atomic mass is 9.84. The van der Waals surface area contributed by atoms with Crippen molar-refractivity contribution < 1.29 is 15.0 Å². The zero-order valence-electron chi connectivity index (χ0n) is 14.3. The molecule has 3 aromatic rings. The molecule has 122 valence electrons. The first-order valence-corrected chi connectivity index (χ1v) is 7.89. The molecule has 0 spiro atoms. The molecular formula is C21H20O3. The second-order valence-corrected chi connectivity index (χ2v) is 6.24. The van der Waals surface area contributed by atoms with E-state index in [-0.39, 0.29) is 11.3 Å². The number of carboxylic acids is 1. The molecule has 0 aliphatic heterocycles. The Bertz CT molecular complexity index is 970. The van der Waals surface area contributed by atoms with E-state index in [1.165, 1.54) is 6.07 Å². The van der Waals surface area contributed by atoms with Crippen molar-refractivity contribution in [3.63, 3.8) is 0 Å². The summed E-state index contributed by atoms with van der Waals surface area (Å²) in [7, 11) is 0. The van der Waals surface area contributed by atoms with Crippen LogP contribution in [0.25, 0.3) is 21.9 Å². The van der Waals surface area contributed by atoms with Gasteiger partial charge in [-0.15, -0.1) is 0 Å². The minimum Gasteiger partial charge on any atom is -0.507 e. The van der Waals surface area contributed by atoms with Crippen LogP contribution in [0.2, 0.25) is 0 Å². The van der Waals surface area contributed by atoms with Crippen LogP contribution in [0.15, 0.2) is 36.4 Å². The van der Waals surface area contributed by atoms with E-state index < -0.39 is 5.97 Å². The summed E-state index contributed by atoms with van der Waals surface area (Å²) in [6.07, 6.45) is 0. The van der Waals surface area contributed by atoms with Gasteiger partial charge < -0.3 is 10.2 Å². The number of carbonyl (C=O) groups is 1. The van der Waals surface area contributed by atoms with E-state index >= 15 is 0 Å². The zero-order valence-corrected chi connectivity index (χ0v) is 14.3. The number of hydrogen-bond donors (Lipinski definition) is 2. The summed E-state index contributed by atoms with van der Waals surface area (Å²) in [4.78, 5) is 11.8. The van der Waals surface area contributed by atoms with Gasteiger partial charge >= 0.3 is 5.97 Å². The van der Waals surface area contributed by atoms with Crippen LogP contribution in [-0.4, -0.2) is 16.2 Å². The van der Waals surface area contributed by atoms with Gasteiger partial charge in [0.2, 0.25) is 0 Å². The first-order valence-electron chi connectivity index (χ1n) is 7.89. The van der Waals surface area contributed by atoms with Crippen LogP contribution in [0.3, 0.4) is 0 Å². The number of aromatic carboxylic acids is 1. The lowest BCUT2D eigenvalue weighted by Gasteiger charge is -2.20. The van der Waals surface area contributed by atoms with E-state index in [2.05, 4.69) is 0 Å². The Labute approximate surface area is 141 Å². The molecule has 0 saturated heterocycles. The van der Waals surface area contributed by atoms with Gasteiger partial charge in [0.15, 0.2) is 0 Å². The molecule has 0 bridgehead atoms. The van der Waals surface area contributed by atoms with Gasteiger partial charge in [0.25, 0.3) is 0 Å². The van der Waals surface area contributed by atoms with Crippen molar-refractivity contribution in [1.82, 2.24) is 0 Å². The molecule has 0 atom stereocenters. The Balaban J connectivity index is 2.64. The van der Waals surface area contributed by atoms with Crippen LogP contribution in [0, 0.1) is 27.7 Å². The van der Waals surface area contributed by atoms with Gasteiger partial charge in [0.1, 0.15) is 5.75 Å². The van der Waals surface area contributed by atoms with Gasteiger partial charge in [-0.3, -0.25) is 0 Å². The molecule has 0 unspecified atom stereocenters. The molecule has 3 nitrogen and oxygen atoms in total. The van der Waals surface area contributed by atoms with Crippen LogP contribution in [0.4, 0.5) is 0 Å². The summed E-state index contributed by atoms with van der Waals surface area (Å²) in [6.45, 7) is 8.03. The molecule has 3 aromatic carbocycles. The van der Waals surface area contributed by atoms with Crippen molar-refractivity contribution in [2.24, 2.45) is 0 Å². The van der Waals surface area contributed by atoms with Gasteiger partial charge in [0, 0.05) is 10.9 Å². The first-order chi connectivity index (χ1) is 11.3. The largest absolute Gasteiger partial charge is 0.507 e. The summed E-state index contributed by atoms with van der Waals surface area (Å²) in [5, 5.41) is 21.8. The van der Waals surface area contributed by atoms with Crippen molar-refractivity contribution in [3.8, 4) is 16.9 Å². The number of hydrogen-bond acceptors (Lipinski definition) is 2. The third kappa shape index (κ3) is 2.24. The number of phenols is 1. The lowest BCUT2D eigenvalue weighted by molar-refractivity contribution is 0.0697. The maximum atomic E-state index is 11.8. The predicted molar refractivity (Wildman–Crippen MR) is 97.0 cm³/mol. The molecule has 2 N–H and O–H groups in total. The monoisotopic (exact) mass is 320 g/mol. The minimum atomic E-state index is -1.04. The molecule has 0 saturated carbocycles. The molecule has 3 heteroatoms. The average molecular weight is 320 g/mol. The standard InChI is InChI=1S/C21H20O3/c1-11-12(2)14(4)19-18(13(11)3)17(22)10-16(21(23)24)20(19)15-8-6-5-7-9-15/h5-10,22H,1-4H3,(H,23,24). The third-order valence-corrected chi connectivity index (χ3v) is 5.04. The summed E-state index contributed by atoms with van der Waals surface area (Å²) in [6, 6.07) is 10.9. The van der Waals surface area contributed by atoms with Gasteiger partial charge in [-0.2, -0.15) is 0 Å². The molecule has 0 heterocycles. The van der Waals surface area contributed by atoms with Crippen molar-refractivity contribution >= 4 is 16.7 Å². The van der Waals surface area contributed by atoms with Crippen molar-refractivity contribution in [2.45, 2.75) is 27.7 Å². The van der Waals surface area contributed by atoms with Gasteiger partial charge in [-0.1, -0.05) is 30.3 Å². The predicted octanol–water partition coefficient (Wildman–Crippen LogP) is 5.14. The average Bonchev–Trinajstić information content (AvgIpc) is 2.57. The van der Waals surface area contributed by atoms with E-state index in [4.69, 9.17) is 0 Å². The number of fused-ring (bicyclic) bond motifs is 1. The van der Waals surface area contributed by atoms with Crippen molar-refractivity contribution in [1.29, 1.82) is 0 Å². The number of phenolic OH excluding ortho intramolecular Hbond substituents is 1. The Kier molecular flexibility index (Phi) is 3.80. The fraction of sp³-hybridized carbons (Fsp3) is 0.190. The molecule has 3 rings (SSSR count). The van der Waals surface area contributed by atoms with Gasteiger partial charge in [-0.25, -0.2) is 4.79 Å². The van der Waals surface area contributed by atoms with Crippen LogP contribution in [0.1, 0.15) is 32.6 Å². The third-order valence-electron chi connectivity index (χ3n) is 5.04. The molecule has 24 heavy (non-hydrogen) atoms. The fourth-order valence-corrected chi connectivity index (χ4v) is 3.43. The molecule has 0 radical (unpaired) electrons. The van der Waals surface area contributed by atoms with Gasteiger partial charge in [-0.05, 0) is 67.0 Å². The van der Waals surface area contributed by atoms with Gasteiger partial charge in [0.05, 0.1) is 5.56 Å². The Morgan fingerprint density at radius 1 is 0.833 bits per heavy atom. The van der Waals surface area contributed by atoms with Crippen molar-refractivity contribution in [3.05, 3.63) is 64.2 Å². The maximum absolute atomic E-state index is 11.8. The molecule has 0 amide bonds. The summed E-state index contributed by atoms with van der Waals surface area (Å²) in [5.74, 6) is -1.02. The quantitative estimate of drug-likeness (QED) is 0.687. The van der Waals surface area contributed by atoms with Crippen molar-refractivity contribution in [2.75, 3.05) is 0 Å². The highest BCUT2D eigenvalue weighted by atomic mass is 16.4. The highest BCUT2D eigenvalue weighted by Gasteiger charge is 2.22. The fourth-order valence-electron chi connectivity index (χ4n) is 3.43. The Morgan fingerprint density at radius 3 is 1.92 bits per heavy atom. The summed E-state index contributed by atoms with van der Waals surface area (Å²) < 4.78 is 0. The molecular weight excluding hydrogens is 300 g/mol. The molecule has 0 aromatic heterocycles.